The molecule has 98 valence electrons. The Morgan fingerprint density at radius 2 is 1.79 bits per heavy atom. The fourth-order valence-electron chi connectivity index (χ4n) is 2.78. The summed E-state index contributed by atoms with van der Waals surface area (Å²) in [6.45, 7) is 4.17. The van der Waals surface area contributed by atoms with Gasteiger partial charge in [-0.15, -0.1) is 11.8 Å². The van der Waals surface area contributed by atoms with Crippen molar-refractivity contribution < 1.29 is 5.11 Å². The zero-order valence-electron chi connectivity index (χ0n) is 11.3. The van der Waals surface area contributed by atoms with Crippen LogP contribution in [0.4, 0.5) is 0 Å². The van der Waals surface area contributed by atoms with Crippen molar-refractivity contribution in [2.75, 3.05) is 0 Å². The van der Waals surface area contributed by atoms with E-state index in [1.165, 1.54) is 21.6 Å². The predicted octanol–water partition coefficient (Wildman–Crippen LogP) is 4.05. The Balaban J connectivity index is 1.84. The van der Waals surface area contributed by atoms with Gasteiger partial charge in [-0.1, -0.05) is 47.5 Å². The molecular weight excluding hydrogens is 252 g/mol. The lowest BCUT2D eigenvalue weighted by molar-refractivity contribution is 0.175. The zero-order valence-corrected chi connectivity index (χ0v) is 12.1. The van der Waals surface area contributed by atoms with Gasteiger partial charge in [0, 0.05) is 10.1 Å². The highest BCUT2D eigenvalue weighted by Gasteiger charge is 2.29. The normalized spacial score (nSPS) is 19.2. The van der Waals surface area contributed by atoms with Crippen molar-refractivity contribution in [3.8, 4) is 0 Å². The number of aliphatic hydroxyl groups is 1. The van der Waals surface area contributed by atoms with Crippen LogP contribution in [0.25, 0.3) is 0 Å². The molecule has 0 saturated carbocycles. The molecule has 0 amide bonds. The maximum absolute atomic E-state index is 10.6. The summed E-state index contributed by atoms with van der Waals surface area (Å²) in [5.41, 5.74) is 4.84. The Morgan fingerprint density at radius 3 is 2.47 bits per heavy atom. The van der Waals surface area contributed by atoms with Gasteiger partial charge in [0.15, 0.2) is 0 Å². The largest absolute Gasteiger partial charge is 0.387 e. The lowest BCUT2D eigenvalue weighted by Crippen LogP contribution is -2.14. The molecule has 1 aliphatic rings. The number of hydrogen-bond donors (Lipinski definition) is 1. The van der Waals surface area contributed by atoms with Gasteiger partial charge in [-0.25, -0.2) is 0 Å². The summed E-state index contributed by atoms with van der Waals surface area (Å²) in [5, 5.41) is 10.9. The molecule has 2 unspecified atom stereocenters. The van der Waals surface area contributed by atoms with Gasteiger partial charge in [0.2, 0.25) is 0 Å². The molecule has 1 nitrogen and oxygen atoms in total. The Kier molecular flexibility index (Phi) is 3.38. The van der Waals surface area contributed by atoms with E-state index in [0.29, 0.717) is 0 Å². The first-order valence-corrected chi connectivity index (χ1v) is 7.52. The van der Waals surface area contributed by atoms with Crippen molar-refractivity contribution in [1.29, 1.82) is 0 Å². The molecule has 2 heteroatoms. The molecule has 0 aliphatic carbocycles. The van der Waals surface area contributed by atoms with Crippen LogP contribution in [0.15, 0.2) is 47.4 Å². The maximum Gasteiger partial charge on any atom is 0.0915 e. The molecule has 0 radical (unpaired) electrons. The second-order valence-electron chi connectivity index (χ2n) is 5.33. The lowest BCUT2D eigenvalue weighted by atomic mass is 9.98. The third-order valence-electron chi connectivity index (χ3n) is 3.61. The molecule has 2 aromatic carbocycles. The molecule has 2 atom stereocenters. The van der Waals surface area contributed by atoms with E-state index in [-0.39, 0.29) is 5.25 Å². The fourth-order valence-corrected chi connectivity index (χ4v) is 4.12. The van der Waals surface area contributed by atoms with Crippen molar-refractivity contribution in [3.05, 3.63) is 64.7 Å². The number of fused-ring (bicyclic) bond motifs is 1. The molecule has 19 heavy (non-hydrogen) atoms. The van der Waals surface area contributed by atoms with Gasteiger partial charge in [0.1, 0.15) is 0 Å². The fraction of sp³-hybridized carbons (Fsp3) is 0.294. The molecule has 1 aliphatic heterocycles. The molecule has 0 bridgehead atoms. The highest BCUT2D eigenvalue weighted by Crippen LogP contribution is 2.42. The van der Waals surface area contributed by atoms with Gasteiger partial charge < -0.3 is 5.11 Å². The van der Waals surface area contributed by atoms with E-state index in [1.807, 2.05) is 0 Å². The topological polar surface area (TPSA) is 20.2 Å². The summed E-state index contributed by atoms with van der Waals surface area (Å²) in [5.74, 6) is 0. The third kappa shape index (κ3) is 2.56. The van der Waals surface area contributed by atoms with Crippen molar-refractivity contribution >= 4 is 11.8 Å². The molecule has 0 aromatic heterocycles. The van der Waals surface area contributed by atoms with Crippen molar-refractivity contribution in [2.24, 2.45) is 0 Å². The van der Waals surface area contributed by atoms with Crippen LogP contribution in [-0.4, -0.2) is 10.4 Å². The van der Waals surface area contributed by atoms with Crippen LogP contribution in [-0.2, 0) is 6.42 Å². The molecule has 0 spiro atoms. The van der Waals surface area contributed by atoms with Gasteiger partial charge in [-0.3, -0.25) is 0 Å². The minimum Gasteiger partial charge on any atom is -0.387 e. The third-order valence-corrected chi connectivity index (χ3v) is 4.99. The molecule has 3 rings (SSSR count). The van der Waals surface area contributed by atoms with Gasteiger partial charge in [0.25, 0.3) is 0 Å². The summed E-state index contributed by atoms with van der Waals surface area (Å²) >= 11 is 1.80. The molecule has 1 N–H and O–H groups in total. The minimum atomic E-state index is -0.393. The molecule has 0 saturated heterocycles. The van der Waals surface area contributed by atoms with E-state index < -0.39 is 6.10 Å². The summed E-state index contributed by atoms with van der Waals surface area (Å²) in [6.07, 6.45) is 0.561. The van der Waals surface area contributed by atoms with Crippen molar-refractivity contribution in [3.63, 3.8) is 0 Å². The smallest absolute Gasteiger partial charge is 0.0915 e. The zero-order chi connectivity index (χ0) is 13.4. The number of thioether (sulfide) groups is 1. The summed E-state index contributed by atoms with van der Waals surface area (Å²) < 4.78 is 0. The van der Waals surface area contributed by atoms with Gasteiger partial charge in [0.05, 0.1) is 6.10 Å². The summed E-state index contributed by atoms with van der Waals surface area (Å²) in [6, 6.07) is 14.8. The van der Waals surface area contributed by atoms with E-state index in [4.69, 9.17) is 0 Å². The van der Waals surface area contributed by atoms with Crippen LogP contribution in [0.1, 0.15) is 28.4 Å². The van der Waals surface area contributed by atoms with E-state index in [1.54, 1.807) is 11.8 Å². The second kappa shape index (κ2) is 5.03. The monoisotopic (exact) mass is 270 g/mol. The van der Waals surface area contributed by atoms with E-state index in [0.717, 1.165) is 12.0 Å². The molecule has 1 heterocycles. The van der Waals surface area contributed by atoms with Gasteiger partial charge in [-0.2, -0.15) is 0 Å². The quantitative estimate of drug-likeness (QED) is 0.888. The Labute approximate surface area is 118 Å². The first-order valence-electron chi connectivity index (χ1n) is 6.64. The Hall–Kier alpha value is -1.25. The maximum atomic E-state index is 10.6. The molecular formula is C17H18OS. The van der Waals surface area contributed by atoms with Crippen molar-refractivity contribution in [2.45, 2.75) is 36.5 Å². The average Bonchev–Trinajstić information content (AvgIpc) is 2.80. The van der Waals surface area contributed by atoms with Crippen LogP contribution in [0.2, 0.25) is 0 Å². The highest BCUT2D eigenvalue weighted by molar-refractivity contribution is 8.00. The number of rotatable bonds is 2. The van der Waals surface area contributed by atoms with E-state index in [2.05, 4.69) is 56.3 Å². The standard InChI is InChI=1S/C17H18OS/c1-11-7-12(2)9-14(8-11)17(18)16-10-13-5-3-4-6-15(13)19-16/h3-9,16-18H,10H2,1-2H3. The second-order valence-corrected chi connectivity index (χ2v) is 6.62. The molecule has 2 aromatic rings. The van der Waals surface area contributed by atoms with Crippen LogP contribution in [0, 0.1) is 13.8 Å². The SMILES string of the molecule is Cc1cc(C)cc(C(O)C2Cc3ccccc3S2)c1. The first kappa shape index (κ1) is 12.8. The van der Waals surface area contributed by atoms with E-state index in [9.17, 15) is 5.11 Å². The number of aliphatic hydroxyl groups excluding tert-OH is 1. The Bertz CT molecular complexity index is 561. The van der Waals surface area contributed by atoms with Crippen LogP contribution >= 0.6 is 11.8 Å². The van der Waals surface area contributed by atoms with Crippen LogP contribution in [0.5, 0.6) is 0 Å². The lowest BCUT2D eigenvalue weighted by Gasteiger charge is -2.18. The van der Waals surface area contributed by atoms with E-state index >= 15 is 0 Å². The summed E-state index contributed by atoms with van der Waals surface area (Å²) in [7, 11) is 0. The van der Waals surface area contributed by atoms with Gasteiger partial charge >= 0.3 is 0 Å². The number of hydrogen-bond acceptors (Lipinski definition) is 2. The first-order chi connectivity index (χ1) is 9.13. The van der Waals surface area contributed by atoms with Crippen LogP contribution in [0.3, 0.4) is 0 Å². The summed E-state index contributed by atoms with van der Waals surface area (Å²) in [4.78, 5) is 1.32. The number of aryl methyl sites for hydroxylation is 2. The van der Waals surface area contributed by atoms with Crippen LogP contribution < -0.4 is 0 Å². The predicted molar refractivity (Wildman–Crippen MR) is 80.7 cm³/mol. The number of benzene rings is 2. The highest BCUT2D eigenvalue weighted by atomic mass is 32.2. The Morgan fingerprint density at radius 1 is 1.11 bits per heavy atom. The minimum absolute atomic E-state index is 0.235. The molecule has 0 fully saturated rings. The van der Waals surface area contributed by atoms with Gasteiger partial charge in [-0.05, 0) is 37.5 Å². The van der Waals surface area contributed by atoms with Crippen molar-refractivity contribution in [1.82, 2.24) is 0 Å². The average molecular weight is 270 g/mol.